The lowest BCUT2D eigenvalue weighted by Gasteiger charge is -2.34. The number of esters is 1. The molecule has 0 aliphatic heterocycles. The molecular weight excluding hydrogens is 262 g/mol. The lowest BCUT2D eigenvalue weighted by atomic mass is 9.73. The van der Waals surface area contributed by atoms with E-state index in [0.29, 0.717) is 18.4 Å². The Hall–Kier alpha value is -0.570. The van der Waals surface area contributed by atoms with Crippen LogP contribution in [0.25, 0.3) is 0 Å². The fourth-order valence-electron chi connectivity index (χ4n) is 2.65. The summed E-state index contributed by atoms with van der Waals surface area (Å²) >= 11 is 0. The Morgan fingerprint density at radius 1 is 1.14 bits per heavy atom. The van der Waals surface area contributed by atoms with Crippen LogP contribution < -0.4 is 0 Å². The summed E-state index contributed by atoms with van der Waals surface area (Å²) in [5.74, 6) is 0.776. The Kier molecular flexibility index (Phi) is 8.53. The molecule has 21 heavy (non-hydrogen) atoms. The molecule has 0 aliphatic carbocycles. The van der Waals surface area contributed by atoms with Crippen molar-refractivity contribution >= 4 is 5.97 Å². The molecule has 0 amide bonds. The third-order valence-corrected chi connectivity index (χ3v) is 4.62. The van der Waals surface area contributed by atoms with Gasteiger partial charge in [-0.05, 0) is 31.6 Å². The largest absolute Gasteiger partial charge is 0.459 e. The number of carbonyl (C=O) groups is 1. The second kappa shape index (κ2) is 8.77. The second-order valence-electron chi connectivity index (χ2n) is 8.04. The van der Waals surface area contributed by atoms with Gasteiger partial charge in [0.2, 0.25) is 0 Å². The van der Waals surface area contributed by atoms with Crippen molar-refractivity contribution in [3.8, 4) is 0 Å². The van der Waals surface area contributed by atoms with Gasteiger partial charge in [0.15, 0.2) is 0 Å². The molecule has 0 saturated heterocycles. The van der Waals surface area contributed by atoms with Crippen LogP contribution in [-0.4, -0.2) is 44.2 Å². The molecule has 0 aromatic carbocycles. The van der Waals surface area contributed by atoms with Crippen molar-refractivity contribution in [2.24, 2.45) is 17.3 Å². The summed E-state index contributed by atoms with van der Waals surface area (Å²) in [6.45, 7) is 15.4. The molecule has 126 valence electrons. The Labute approximate surface area is 132 Å². The molecule has 0 aromatic heterocycles. The number of hydrogen-bond acceptors (Lipinski definition) is 2. The van der Waals surface area contributed by atoms with E-state index in [4.69, 9.17) is 4.74 Å². The van der Waals surface area contributed by atoms with E-state index in [2.05, 4.69) is 55.6 Å². The highest BCUT2D eigenvalue weighted by Crippen LogP contribution is 2.35. The minimum atomic E-state index is -0.366. The van der Waals surface area contributed by atoms with Gasteiger partial charge in [-0.3, -0.25) is 4.79 Å². The van der Waals surface area contributed by atoms with Crippen LogP contribution in [0.5, 0.6) is 0 Å². The zero-order valence-electron chi connectivity index (χ0n) is 15.7. The molecular formula is C18H38NO2+. The van der Waals surface area contributed by atoms with Crippen molar-refractivity contribution in [3.05, 3.63) is 0 Å². The van der Waals surface area contributed by atoms with Crippen LogP contribution in [0.4, 0.5) is 0 Å². The van der Waals surface area contributed by atoms with Crippen molar-refractivity contribution in [1.82, 2.24) is 0 Å². The summed E-state index contributed by atoms with van der Waals surface area (Å²) in [6.07, 6.45) is 3.32. The molecule has 0 saturated carbocycles. The van der Waals surface area contributed by atoms with Gasteiger partial charge in [-0.15, -0.1) is 0 Å². The number of quaternary nitrogens is 1. The van der Waals surface area contributed by atoms with Gasteiger partial charge in [0.25, 0.3) is 0 Å². The van der Waals surface area contributed by atoms with E-state index >= 15 is 0 Å². The predicted molar refractivity (Wildman–Crippen MR) is 90.1 cm³/mol. The first kappa shape index (κ1) is 20.4. The second-order valence-corrected chi connectivity index (χ2v) is 8.04. The monoisotopic (exact) mass is 300 g/mol. The van der Waals surface area contributed by atoms with Gasteiger partial charge in [-0.25, -0.2) is 0 Å². The van der Waals surface area contributed by atoms with Crippen molar-refractivity contribution in [2.75, 3.05) is 33.8 Å². The van der Waals surface area contributed by atoms with Crippen molar-refractivity contribution in [2.45, 2.75) is 60.8 Å². The Morgan fingerprint density at radius 3 is 2.14 bits per heavy atom. The van der Waals surface area contributed by atoms with Crippen LogP contribution in [-0.2, 0) is 9.53 Å². The fraction of sp³-hybridized carbons (Fsp3) is 0.944. The van der Waals surface area contributed by atoms with E-state index in [1.165, 1.54) is 12.8 Å². The molecule has 0 rings (SSSR count). The van der Waals surface area contributed by atoms with Crippen LogP contribution in [0.2, 0.25) is 0 Å². The summed E-state index contributed by atoms with van der Waals surface area (Å²) in [6, 6.07) is 0. The quantitative estimate of drug-likeness (QED) is 0.448. The summed E-state index contributed by atoms with van der Waals surface area (Å²) in [5.41, 5.74) is -0.366. The molecule has 0 fully saturated rings. The molecule has 0 radical (unpaired) electrons. The SMILES string of the molecule is CCCC[N+](C)(C)CCOC(=O)C(C)(CC(C)C)C(C)C. The highest BCUT2D eigenvalue weighted by atomic mass is 16.5. The lowest BCUT2D eigenvalue weighted by Crippen LogP contribution is -2.44. The van der Waals surface area contributed by atoms with E-state index in [-0.39, 0.29) is 11.4 Å². The molecule has 0 N–H and O–H groups in total. The van der Waals surface area contributed by atoms with E-state index in [0.717, 1.165) is 24.0 Å². The predicted octanol–water partition coefficient (Wildman–Crippen LogP) is 4.11. The molecule has 0 spiro atoms. The first-order valence-corrected chi connectivity index (χ1v) is 8.54. The average molecular weight is 301 g/mol. The first-order chi connectivity index (χ1) is 9.55. The maximum Gasteiger partial charge on any atom is 0.312 e. The number of hydrogen-bond donors (Lipinski definition) is 0. The molecule has 0 heterocycles. The van der Waals surface area contributed by atoms with Gasteiger partial charge in [-0.1, -0.05) is 41.0 Å². The number of likely N-dealkylation sites (N-methyl/N-ethyl adjacent to an activating group) is 1. The number of nitrogens with zero attached hydrogens (tertiary/aromatic N) is 1. The first-order valence-electron chi connectivity index (χ1n) is 8.54. The molecule has 0 bridgehead atoms. The molecule has 3 nitrogen and oxygen atoms in total. The number of rotatable bonds is 10. The van der Waals surface area contributed by atoms with Crippen LogP contribution in [0.1, 0.15) is 60.8 Å². The average Bonchev–Trinajstić information content (AvgIpc) is 2.34. The summed E-state index contributed by atoms with van der Waals surface area (Å²) < 4.78 is 6.55. The molecule has 1 atom stereocenters. The molecule has 3 heteroatoms. The van der Waals surface area contributed by atoms with Gasteiger partial charge in [0, 0.05) is 0 Å². The van der Waals surface area contributed by atoms with Gasteiger partial charge in [0.1, 0.15) is 13.2 Å². The Balaban J connectivity index is 4.45. The van der Waals surface area contributed by atoms with E-state index in [9.17, 15) is 4.79 Å². The maximum atomic E-state index is 12.5. The summed E-state index contributed by atoms with van der Waals surface area (Å²) in [5, 5.41) is 0. The third-order valence-electron chi connectivity index (χ3n) is 4.62. The van der Waals surface area contributed by atoms with E-state index < -0.39 is 0 Å². The smallest absolute Gasteiger partial charge is 0.312 e. The highest BCUT2D eigenvalue weighted by molar-refractivity contribution is 5.76. The molecule has 0 aliphatic rings. The zero-order chi connectivity index (χ0) is 16.7. The normalized spacial score (nSPS) is 15.3. The van der Waals surface area contributed by atoms with Crippen LogP contribution in [0.3, 0.4) is 0 Å². The molecule has 1 unspecified atom stereocenters. The standard InChI is InChI=1S/C18H38NO2/c1-9-10-11-19(7,8)12-13-21-17(20)18(6,16(4)5)14-15(2)3/h15-16H,9-14H2,1-8H3/q+1. The highest BCUT2D eigenvalue weighted by Gasteiger charge is 2.38. The van der Waals surface area contributed by atoms with Crippen molar-refractivity contribution < 1.29 is 14.0 Å². The van der Waals surface area contributed by atoms with Gasteiger partial charge >= 0.3 is 5.97 Å². The van der Waals surface area contributed by atoms with E-state index in [1.807, 2.05) is 0 Å². The maximum absolute atomic E-state index is 12.5. The van der Waals surface area contributed by atoms with Gasteiger partial charge < -0.3 is 9.22 Å². The molecule has 0 aromatic rings. The van der Waals surface area contributed by atoms with Crippen LogP contribution in [0, 0.1) is 17.3 Å². The summed E-state index contributed by atoms with van der Waals surface area (Å²) in [4.78, 5) is 12.5. The number of ether oxygens (including phenoxy) is 1. The van der Waals surface area contributed by atoms with E-state index in [1.54, 1.807) is 0 Å². The Bertz CT molecular complexity index is 310. The van der Waals surface area contributed by atoms with Crippen molar-refractivity contribution in [1.29, 1.82) is 0 Å². The lowest BCUT2D eigenvalue weighted by molar-refractivity contribution is -0.890. The topological polar surface area (TPSA) is 26.3 Å². The minimum Gasteiger partial charge on any atom is -0.459 e. The number of unbranched alkanes of at least 4 members (excludes halogenated alkanes) is 1. The fourth-order valence-corrected chi connectivity index (χ4v) is 2.65. The van der Waals surface area contributed by atoms with Gasteiger partial charge in [-0.2, -0.15) is 0 Å². The minimum absolute atomic E-state index is 0.0262. The van der Waals surface area contributed by atoms with Crippen LogP contribution in [0.15, 0.2) is 0 Å². The Morgan fingerprint density at radius 2 is 1.71 bits per heavy atom. The third kappa shape index (κ3) is 7.30. The zero-order valence-corrected chi connectivity index (χ0v) is 15.7. The van der Waals surface area contributed by atoms with Crippen molar-refractivity contribution in [3.63, 3.8) is 0 Å². The van der Waals surface area contributed by atoms with Crippen LogP contribution >= 0.6 is 0 Å². The van der Waals surface area contributed by atoms with Gasteiger partial charge in [0.05, 0.1) is 26.1 Å². The summed E-state index contributed by atoms with van der Waals surface area (Å²) in [7, 11) is 4.42. The number of carbonyl (C=O) groups excluding carboxylic acids is 1.